The molecule has 0 saturated carbocycles. The lowest BCUT2D eigenvalue weighted by atomic mass is 10.0. The molecule has 0 saturated heterocycles. The van der Waals surface area contributed by atoms with Gasteiger partial charge in [-0.1, -0.05) is 13.8 Å². The third-order valence-electron chi connectivity index (χ3n) is 1.98. The third kappa shape index (κ3) is 2.76. The van der Waals surface area contributed by atoms with Gasteiger partial charge in [0, 0.05) is 12.8 Å². The van der Waals surface area contributed by atoms with Crippen molar-refractivity contribution in [3.05, 3.63) is 11.5 Å². The average Bonchev–Trinajstić information content (AvgIpc) is 2.03. The Hall–Kier alpha value is -0.660. The second-order valence-corrected chi connectivity index (χ2v) is 3.78. The van der Waals surface area contributed by atoms with Crippen LogP contribution in [0.3, 0.4) is 0 Å². The maximum Gasteiger partial charge on any atom is 0.133 e. The summed E-state index contributed by atoms with van der Waals surface area (Å²) in [6.07, 6.45) is 3.96. The Kier molecular flexibility index (Phi) is 3.45. The summed E-state index contributed by atoms with van der Waals surface area (Å²) < 4.78 is 5.49. The molecule has 1 N–H and O–H groups in total. The first-order valence-corrected chi connectivity index (χ1v) is 4.74. The highest BCUT2D eigenvalue weighted by Gasteiger charge is 2.12. The van der Waals surface area contributed by atoms with Gasteiger partial charge in [-0.2, -0.15) is 0 Å². The van der Waals surface area contributed by atoms with Crippen LogP contribution in [0.2, 0.25) is 0 Å². The van der Waals surface area contributed by atoms with Gasteiger partial charge in [0.15, 0.2) is 0 Å². The Labute approximate surface area is 74.2 Å². The van der Waals surface area contributed by atoms with Gasteiger partial charge in [-0.25, -0.2) is 0 Å². The first kappa shape index (κ1) is 9.43. The number of aliphatic hydroxyl groups excluding tert-OH is 1. The maximum atomic E-state index is 9.44. The van der Waals surface area contributed by atoms with E-state index in [9.17, 15) is 5.11 Å². The van der Waals surface area contributed by atoms with Crippen LogP contribution in [0.25, 0.3) is 0 Å². The van der Waals surface area contributed by atoms with Crippen LogP contribution in [0.5, 0.6) is 0 Å². The van der Waals surface area contributed by atoms with Crippen LogP contribution in [0.4, 0.5) is 0 Å². The molecule has 0 amide bonds. The van der Waals surface area contributed by atoms with Gasteiger partial charge in [-0.05, 0) is 18.8 Å². The van der Waals surface area contributed by atoms with Crippen LogP contribution in [-0.4, -0.2) is 11.7 Å². The normalized spacial score (nSPS) is 18.6. The van der Waals surface area contributed by atoms with Crippen molar-refractivity contribution >= 4 is 0 Å². The van der Waals surface area contributed by atoms with Crippen molar-refractivity contribution in [1.82, 2.24) is 0 Å². The maximum absolute atomic E-state index is 9.44. The van der Waals surface area contributed by atoms with Crippen molar-refractivity contribution in [3.8, 4) is 0 Å². The topological polar surface area (TPSA) is 29.5 Å². The summed E-state index contributed by atoms with van der Waals surface area (Å²) in [4.78, 5) is 0. The molecule has 0 spiro atoms. The molecule has 0 heterocycles. The molecule has 0 fully saturated rings. The molecule has 0 aromatic rings. The monoisotopic (exact) mass is 170 g/mol. The lowest BCUT2D eigenvalue weighted by Crippen LogP contribution is -2.07. The van der Waals surface area contributed by atoms with Gasteiger partial charge in [0.25, 0.3) is 0 Å². The van der Waals surface area contributed by atoms with Crippen LogP contribution in [-0.2, 0) is 4.74 Å². The van der Waals surface area contributed by atoms with Crippen molar-refractivity contribution in [1.29, 1.82) is 0 Å². The smallest absolute Gasteiger partial charge is 0.133 e. The minimum absolute atomic E-state index is 0.474. The van der Waals surface area contributed by atoms with E-state index in [0.717, 1.165) is 38.0 Å². The fourth-order valence-electron chi connectivity index (χ4n) is 1.28. The summed E-state index contributed by atoms with van der Waals surface area (Å²) in [5, 5.41) is 9.44. The lowest BCUT2D eigenvalue weighted by molar-refractivity contribution is 0.144. The van der Waals surface area contributed by atoms with Gasteiger partial charge in [0.05, 0.1) is 6.61 Å². The van der Waals surface area contributed by atoms with E-state index in [0.29, 0.717) is 11.7 Å². The van der Waals surface area contributed by atoms with E-state index in [1.165, 1.54) is 0 Å². The van der Waals surface area contributed by atoms with Gasteiger partial charge in [0.1, 0.15) is 11.5 Å². The predicted molar refractivity (Wildman–Crippen MR) is 48.9 cm³/mol. The summed E-state index contributed by atoms with van der Waals surface area (Å²) in [7, 11) is 0. The summed E-state index contributed by atoms with van der Waals surface area (Å²) in [5.41, 5.74) is 0. The van der Waals surface area contributed by atoms with Gasteiger partial charge in [0.2, 0.25) is 0 Å². The van der Waals surface area contributed by atoms with Gasteiger partial charge >= 0.3 is 0 Å². The number of rotatable bonds is 3. The summed E-state index contributed by atoms with van der Waals surface area (Å²) in [6.45, 7) is 4.94. The van der Waals surface area contributed by atoms with E-state index < -0.39 is 0 Å². The number of ether oxygens (including phenoxy) is 1. The van der Waals surface area contributed by atoms with E-state index in [1.54, 1.807) is 0 Å². The Balaban J connectivity index is 2.38. The molecule has 1 aliphatic carbocycles. The molecule has 0 bridgehead atoms. The number of hydrogen-bond donors (Lipinski definition) is 1. The van der Waals surface area contributed by atoms with Crippen molar-refractivity contribution in [2.24, 2.45) is 5.92 Å². The minimum Gasteiger partial charge on any atom is -0.509 e. The van der Waals surface area contributed by atoms with Crippen LogP contribution in [0.15, 0.2) is 11.5 Å². The molecular weight excluding hydrogens is 152 g/mol. The number of aliphatic hydroxyl groups is 1. The highest BCUT2D eigenvalue weighted by atomic mass is 16.5. The van der Waals surface area contributed by atoms with Crippen molar-refractivity contribution < 1.29 is 9.84 Å². The van der Waals surface area contributed by atoms with E-state index in [-0.39, 0.29) is 0 Å². The highest BCUT2D eigenvalue weighted by Crippen LogP contribution is 2.23. The zero-order valence-corrected chi connectivity index (χ0v) is 7.97. The quantitative estimate of drug-likeness (QED) is 0.705. The fourth-order valence-corrected chi connectivity index (χ4v) is 1.28. The molecule has 70 valence electrons. The summed E-state index contributed by atoms with van der Waals surface area (Å²) in [6, 6.07) is 0. The van der Waals surface area contributed by atoms with E-state index in [4.69, 9.17) is 4.74 Å². The fraction of sp³-hybridized carbons (Fsp3) is 0.800. The molecule has 0 unspecified atom stereocenters. The summed E-state index contributed by atoms with van der Waals surface area (Å²) in [5.74, 6) is 1.84. The molecule has 0 aromatic heterocycles. The van der Waals surface area contributed by atoms with E-state index in [1.807, 2.05) is 0 Å². The molecule has 0 aliphatic heterocycles. The molecule has 0 aromatic carbocycles. The number of allylic oxidation sites excluding steroid dienone is 2. The van der Waals surface area contributed by atoms with Crippen LogP contribution in [0.1, 0.15) is 39.5 Å². The first-order valence-electron chi connectivity index (χ1n) is 4.74. The van der Waals surface area contributed by atoms with Crippen LogP contribution in [0, 0.1) is 5.92 Å². The van der Waals surface area contributed by atoms with Gasteiger partial charge in [-0.15, -0.1) is 0 Å². The van der Waals surface area contributed by atoms with Crippen molar-refractivity contribution in [3.63, 3.8) is 0 Å². The number of hydrogen-bond acceptors (Lipinski definition) is 2. The molecule has 2 nitrogen and oxygen atoms in total. The molecule has 2 heteroatoms. The Morgan fingerprint density at radius 1 is 1.33 bits per heavy atom. The van der Waals surface area contributed by atoms with Crippen molar-refractivity contribution in [2.45, 2.75) is 39.5 Å². The molecule has 1 aliphatic rings. The highest BCUT2D eigenvalue weighted by molar-refractivity contribution is 5.03. The Morgan fingerprint density at radius 2 is 2.00 bits per heavy atom. The predicted octanol–water partition coefficient (Wildman–Crippen LogP) is 3.00. The second-order valence-electron chi connectivity index (χ2n) is 3.78. The van der Waals surface area contributed by atoms with Crippen molar-refractivity contribution in [2.75, 3.05) is 6.61 Å². The minimum atomic E-state index is 0.474. The van der Waals surface area contributed by atoms with Crippen LogP contribution >= 0.6 is 0 Å². The van der Waals surface area contributed by atoms with E-state index >= 15 is 0 Å². The lowest BCUT2D eigenvalue weighted by Gasteiger charge is -2.17. The molecular formula is C10H18O2. The van der Waals surface area contributed by atoms with E-state index in [2.05, 4.69) is 13.8 Å². The molecule has 1 rings (SSSR count). The first-order chi connectivity index (χ1) is 5.70. The summed E-state index contributed by atoms with van der Waals surface area (Å²) >= 11 is 0. The SMILES string of the molecule is CC(C)COC1=C(O)CCCC1. The zero-order chi connectivity index (χ0) is 8.97. The van der Waals surface area contributed by atoms with Gasteiger partial charge in [-0.3, -0.25) is 0 Å². The van der Waals surface area contributed by atoms with Gasteiger partial charge < -0.3 is 9.84 Å². The third-order valence-corrected chi connectivity index (χ3v) is 1.98. The Bertz CT molecular complexity index is 171. The zero-order valence-electron chi connectivity index (χ0n) is 7.97. The molecule has 0 atom stereocenters. The molecule has 12 heavy (non-hydrogen) atoms. The standard InChI is InChI=1S/C10H18O2/c1-8(2)7-12-10-6-4-3-5-9(10)11/h8,11H,3-7H2,1-2H3. The average molecular weight is 170 g/mol. The second kappa shape index (κ2) is 4.39. The van der Waals surface area contributed by atoms with Crippen LogP contribution < -0.4 is 0 Å². The molecule has 0 radical (unpaired) electrons. The largest absolute Gasteiger partial charge is 0.509 e. The Morgan fingerprint density at radius 3 is 2.58 bits per heavy atom.